The Kier molecular flexibility index (Phi) is 8.42. The summed E-state index contributed by atoms with van der Waals surface area (Å²) in [5.41, 5.74) is -0.140. The van der Waals surface area contributed by atoms with Crippen LogP contribution in [-0.2, 0) is 28.9 Å². The highest BCUT2D eigenvalue weighted by molar-refractivity contribution is 7.91. The summed E-state index contributed by atoms with van der Waals surface area (Å²) >= 11 is 0. The topological polar surface area (TPSA) is 116 Å². The van der Waals surface area contributed by atoms with Gasteiger partial charge in [-0.3, -0.25) is 4.79 Å². The largest absolute Gasteiger partial charge is 0.467 e. The van der Waals surface area contributed by atoms with E-state index in [1.165, 1.54) is 38.3 Å². The molecule has 0 aliphatic carbocycles. The Hall–Kier alpha value is -2.42. The molecular weight excluding hydrogens is 374 g/mol. The summed E-state index contributed by atoms with van der Waals surface area (Å²) in [6, 6.07) is 4.77. The molecule has 1 rings (SSSR count). The lowest BCUT2D eigenvalue weighted by Gasteiger charge is -2.21. The van der Waals surface area contributed by atoms with E-state index in [-0.39, 0.29) is 22.1 Å². The standard InChI is InChI=1S/C18H25NO7S/c1-5-12(3)16(18(22)25-4)19-15(20)11-26-17(21)13-9-7-8-10-14(13)27(23,24)6-2/h7-10,12,16H,5-6,11H2,1-4H3,(H,19,20)/t12-,16+/m1/s1. The van der Waals surface area contributed by atoms with Crippen LogP contribution >= 0.6 is 0 Å². The summed E-state index contributed by atoms with van der Waals surface area (Å²) in [7, 11) is -2.41. The zero-order valence-electron chi connectivity index (χ0n) is 15.9. The van der Waals surface area contributed by atoms with Crippen molar-refractivity contribution in [2.45, 2.75) is 38.1 Å². The number of amides is 1. The van der Waals surface area contributed by atoms with Gasteiger partial charge in [-0.25, -0.2) is 18.0 Å². The third-order valence-electron chi connectivity index (χ3n) is 4.14. The van der Waals surface area contributed by atoms with Gasteiger partial charge in [-0.15, -0.1) is 0 Å². The van der Waals surface area contributed by atoms with E-state index in [0.29, 0.717) is 6.42 Å². The molecule has 8 nitrogen and oxygen atoms in total. The van der Waals surface area contributed by atoms with E-state index < -0.39 is 40.3 Å². The molecule has 0 aromatic heterocycles. The fourth-order valence-electron chi connectivity index (χ4n) is 2.28. The minimum absolute atomic E-state index is 0.140. The Labute approximate surface area is 159 Å². The maximum atomic E-state index is 12.2. The van der Waals surface area contributed by atoms with Gasteiger partial charge in [0, 0.05) is 0 Å². The predicted molar refractivity (Wildman–Crippen MR) is 97.9 cm³/mol. The molecule has 9 heteroatoms. The molecule has 2 atom stereocenters. The molecule has 0 aliphatic heterocycles. The van der Waals surface area contributed by atoms with Crippen molar-refractivity contribution in [3.63, 3.8) is 0 Å². The van der Waals surface area contributed by atoms with Crippen LogP contribution in [0.4, 0.5) is 0 Å². The van der Waals surface area contributed by atoms with E-state index in [4.69, 9.17) is 4.74 Å². The van der Waals surface area contributed by atoms with Crippen LogP contribution in [0, 0.1) is 5.92 Å². The molecule has 0 spiro atoms. The van der Waals surface area contributed by atoms with Crippen molar-refractivity contribution in [3.8, 4) is 0 Å². The van der Waals surface area contributed by atoms with Crippen LogP contribution in [-0.4, -0.2) is 51.8 Å². The summed E-state index contributed by atoms with van der Waals surface area (Å²) in [4.78, 5) is 35.9. The number of benzene rings is 1. The highest BCUT2D eigenvalue weighted by Gasteiger charge is 2.27. The predicted octanol–water partition coefficient (Wildman–Crippen LogP) is 1.34. The Morgan fingerprint density at radius 3 is 2.33 bits per heavy atom. The summed E-state index contributed by atoms with van der Waals surface area (Å²) in [6.07, 6.45) is 0.627. The van der Waals surface area contributed by atoms with Crippen LogP contribution in [0.25, 0.3) is 0 Å². The summed E-state index contributed by atoms with van der Waals surface area (Å²) < 4.78 is 33.8. The summed E-state index contributed by atoms with van der Waals surface area (Å²) in [6.45, 7) is 4.45. The lowest BCUT2D eigenvalue weighted by atomic mass is 9.99. The average Bonchev–Trinajstić information content (AvgIpc) is 2.68. The minimum Gasteiger partial charge on any atom is -0.467 e. The fraction of sp³-hybridized carbons (Fsp3) is 0.500. The van der Waals surface area contributed by atoms with Gasteiger partial charge < -0.3 is 14.8 Å². The van der Waals surface area contributed by atoms with E-state index in [9.17, 15) is 22.8 Å². The lowest BCUT2D eigenvalue weighted by molar-refractivity contribution is -0.147. The van der Waals surface area contributed by atoms with Crippen LogP contribution < -0.4 is 5.32 Å². The first-order valence-electron chi connectivity index (χ1n) is 8.54. The molecule has 27 heavy (non-hydrogen) atoms. The van der Waals surface area contributed by atoms with Crippen molar-refractivity contribution in [1.29, 1.82) is 0 Å². The van der Waals surface area contributed by atoms with Crippen LogP contribution in [0.5, 0.6) is 0 Å². The van der Waals surface area contributed by atoms with Gasteiger partial charge in [0.1, 0.15) is 6.04 Å². The van der Waals surface area contributed by atoms with E-state index in [1.54, 1.807) is 6.92 Å². The number of methoxy groups -OCH3 is 1. The molecule has 1 N–H and O–H groups in total. The van der Waals surface area contributed by atoms with Crippen molar-refractivity contribution in [1.82, 2.24) is 5.32 Å². The van der Waals surface area contributed by atoms with E-state index in [1.807, 2.05) is 6.92 Å². The van der Waals surface area contributed by atoms with Gasteiger partial charge in [0.05, 0.1) is 23.3 Å². The Bertz CT molecular complexity index is 789. The number of sulfone groups is 1. The number of esters is 2. The van der Waals surface area contributed by atoms with Gasteiger partial charge in [-0.05, 0) is 18.1 Å². The van der Waals surface area contributed by atoms with Gasteiger partial charge in [0.15, 0.2) is 16.4 Å². The summed E-state index contributed by atoms with van der Waals surface area (Å²) in [5.74, 6) is -2.56. The number of ether oxygens (including phenoxy) is 2. The first-order valence-corrected chi connectivity index (χ1v) is 10.2. The van der Waals surface area contributed by atoms with Gasteiger partial charge in [0.25, 0.3) is 5.91 Å². The minimum atomic E-state index is -3.62. The number of rotatable bonds is 9. The highest BCUT2D eigenvalue weighted by atomic mass is 32.2. The molecule has 1 aromatic carbocycles. The van der Waals surface area contributed by atoms with Gasteiger partial charge >= 0.3 is 11.9 Å². The third-order valence-corrected chi connectivity index (χ3v) is 5.93. The zero-order valence-corrected chi connectivity index (χ0v) is 16.7. The maximum Gasteiger partial charge on any atom is 0.339 e. The van der Waals surface area contributed by atoms with Crippen molar-refractivity contribution in [3.05, 3.63) is 29.8 Å². The number of hydrogen-bond donors (Lipinski definition) is 1. The molecular formula is C18H25NO7S. The molecule has 0 radical (unpaired) electrons. The molecule has 0 aliphatic rings. The first kappa shape index (κ1) is 22.6. The Morgan fingerprint density at radius 1 is 1.15 bits per heavy atom. The van der Waals surface area contributed by atoms with Crippen molar-refractivity contribution in [2.75, 3.05) is 19.5 Å². The SMILES string of the molecule is CC[C@@H](C)[C@H](NC(=O)COC(=O)c1ccccc1S(=O)(=O)CC)C(=O)OC. The van der Waals surface area contributed by atoms with Crippen molar-refractivity contribution in [2.24, 2.45) is 5.92 Å². The monoisotopic (exact) mass is 399 g/mol. The number of carbonyl (C=O) groups is 3. The highest BCUT2D eigenvalue weighted by Crippen LogP contribution is 2.18. The molecule has 0 saturated heterocycles. The number of carbonyl (C=O) groups excluding carboxylic acids is 3. The van der Waals surface area contributed by atoms with Crippen LogP contribution in [0.15, 0.2) is 29.2 Å². The zero-order chi connectivity index (χ0) is 20.6. The fourth-order valence-corrected chi connectivity index (χ4v) is 3.37. The molecule has 150 valence electrons. The number of nitrogens with one attached hydrogen (secondary N) is 1. The quantitative estimate of drug-likeness (QED) is 0.623. The average molecular weight is 399 g/mol. The lowest BCUT2D eigenvalue weighted by Crippen LogP contribution is -2.47. The Balaban J connectivity index is 2.83. The molecule has 0 heterocycles. The van der Waals surface area contributed by atoms with Gasteiger partial charge in [-0.2, -0.15) is 0 Å². The second kappa shape index (κ2) is 10.1. The second-order valence-corrected chi connectivity index (χ2v) is 8.18. The maximum absolute atomic E-state index is 12.2. The normalized spacial score (nSPS) is 13.3. The number of hydrogen-bond acceptors (Lipinski definition) is 7. The molecule has 0 saturated carbocycles. The van der Waals surface area contributed by atoms with Gasteiger partial charge in [-0.1, -0.05) is 39.3 Å². The van der Waals surface area contributed by atoms with Crippen molar-refractivity contribution < 1.29 is 32.3 Å². The van der Waals surface area contributed by atoms with Crippen LogP contribution in [0.1, 0.15) is 37.6 Å². The first-order chi connectivity index (χ1) is 12.7. The molecule has 0 bridgehead atoms. The van der Waals surface area contributed by atoms with E-state index >= 15 is 0 Å². The van der Waals surface area contributed by atoms with Crippen molar-refractivity contribution >= 4 is 27.7 Å². The van der Waals surface area contributed by atoms with Crippen LogP contribution in [0.2, 0.25) is 0 Å². The molecule has 1 aromatic rings. The smallest absolute Gasteiger partial charge is 0.339 e. The van der Waals surface area contributed by atoms with Gasteiger partial charge in [0.2, 0.25) is 0 Å². The third kappa shape index (κ3) is 6.06. The van der Waals surface area contributed by atoms with Crippen LogP contribution in [0.3, 0.4) is 0 Å². The second-order valence-electron chi connectivity index (χ2n) is 5.93. The molecule has 0 unspecified atom stereocenters. The molecule has 1 amide bonds. The van der Waals surface area contributed by atoms with E-state index in [2.05, 4.69) is 10.1 Å². The van der Waals surface area contributed by atoms with E-state index in [0.717, 1.165) is 0 Å². The molecule has 0 fully saturated rings. The Morgan fingerprint density at radius 2 is 1.78 bits per heavy atom. The summed E-state index contributed by atoms with van der Waals surface area (Å²) in [5, 5.41) is 2.47.